The van der Waals surface area contributed by atoms with Gasteiger partial charge in [-0.3, -0.25) is 4.79 Å². The summed E-state index contributed by atoms with van der Waals surface area (Å²) in [6, 6.07) is 22.5. The lowest BCUT2D eigenvalue weighted by molar-refractivity contribution is -0.113. The highest BCUT2D eigenvalue weighted by molar-refractivity contribution is 8.00. The minimum absolute atomic E-state index is 0.0563. The lowest BCUT2D eigenvalue weighted by Gasteiger charge is -2.08. The highest BCUT2D eigenvalue weighted by Gasteiger charge is 2.15. The van der Waals surface area contributed by atoms with Gasteiger partial charge in [0.25, 0.3) is 0 Å². The summed E-state index contributed by atoms with van der Waals surface area (Å²) in [7, 11) is 0. The summed E-state index contributed by atoms with van der Waals surface area (Å²) in [4.78, 5) is 22.5. The highest BCUT2D eigenvalue weighted by Crippen LogP contribution is 2.37. The van der Waals surface area contributed by atoms with Crippen molar-refractivity contribution in [2.75, 3.05) is 11.1 Å². The number of thiophene rings is 1. The molecule has 5 rings (SSSR count). The van der Waals surface area contributed by atoms with Crippen LogP contribution in [0.15, 0.2) is 83.5 Å². The second-order valence-electron chi connectivity index (χ2n) is 7.27. The molecule has 0 saturated heterocycles. The Morgan fingerprint density at radius 3 is 2.65 bits per heavy atom. The van der Waals surface area contributed by atoms with Crippen LogP contribution in [0.1, 0.15) is 5.56 Å². The van der Waals surface area contributed by atoms with Crippen molar-refractivity contribution in [3.05, 3.63) is 84.0 Å². The number of rotatable bonds is 5. The van der Waals surface area contributed by atoms with E-state index in [1.165, 1.54) is 17.3 Å². The molecule has 6 heteroatoms. The van der Waals surface area contributed by atoms with Gasteiger partial charge in [0.2, 0.25) is 5.91 Å². The SMILES string of the molecule is Cc1ccc(-c2csc3ncnc(SCC(=O)Nc4ccc5ccccc5c4)c23)cc1. The Hall–Kier alpha value is -3.22. The second-order valence-corrected chi connectivity index (χ2v) is 9.10. The van der Waals surface area contributed by atoms with Crippen molar-refractivity contribution >= 4 is 55.7 Å². The highest BCUT2D eigenvalue weighted by atomic mass is 32.2. The number of carbonyl (C=O) groups is 1. The van der Waals surface area contributed by atoms with Crippen LogP contribution >= 0.6 is 23.1 Å². The zero-order chi connectivity index (χ0) is 21.2. The molecule has 0 aliphatic rings. The van der Waals surface area contributed by atoms with E-state index in [-0.39, 0.29) is 11.7 Å². The number of aryl methyl sites for hydroxylation is 1. The van der Waals surface area contributed by atoms with Gasteiger partial charge in [-0.05, 0) is 35.4 Å². The van der Waals surface area contributed by atoms with Gasteiger partial charge < -0.3 is 5.32 Å². The Morgan fingerprint density at radius 1 is 1.00 bits per heavy atom. The van der Waals surface area contributed by atoms with Gasteiger partial charge in [0, 0.05) is 16.6 Å². The lowest BCUT2D eigenvalue weighted by Crippen LogP contribution is -2.14. The molecule has 0 aliphatic heterocycles. The molecule has 0 aliphatic carbocycles. The summed E-state index contributed by atoms with van der Waals surface area (Å²) in [6.45, 7) is 2.08. The van der Waals surface area contributed by atoms with E-state index in [4.69, 9.17) is 0 Å². The zero-order valence-corrected chi connectivity index (χ0v) is 18.5. The lowest BCUT2D eigenvalue weighted by atomic mass is 10.1. The zero-order valence-electron chi connectivity index (χ0n) is 16.8. The monoisotopic (exact) mass is 441 g/mol. The number of hydrogen-bond acceptors (Lipinski definition) is 5. The normalized spacial score (nSPS) is 11.1. The predicted molar refractivity (Wildman–Crippen MR) is 131 cm³/mol. The maximum atomic E-state index is 12.6. The fourth-order valence-electron chi connectivity index (χ4n) is 3.50. The van der Waals surface area contributed by atoms with Gasteiger partial charge in [-0.2, -0.15) is 0 Å². The molecule has 31 heavy (non-hydrogen) atoms. The standard InChI is InChI=1S/C25H19N3OS2/c1-16-6-8-18(9-7-16)21-13-30-24-23(21)25(27-15-26-24)31-14-22(29)28-20-11-10-17-4-2-3-5-19(17)12-20/h2-13,15H,14H2,1H3,(H,28,29). The van der Waals surface area contributed by atoms with Crippen molar-refractivity contribution in [3.63, 3.8) is 0 Å². The van der Waals surface area contributed by atoms with Crippen molar-refractivity contribution in [2.24, 2.45) is 0 Å². The maximum absolute atomic E-state index is 12.6. The van der Waals surface area contributed by atoms with Gasteiger partial charge >= 0.3 is 0 Å². The Bertz CT molecular complexity index is 1390. The average Bonchev–Trinajstić information content (AvgIpc) is 3.23. The van der Waals surface area contributed by atoms with Crippen LogP contribution in [0.3, 0.4) is 0 Å². The number of carbonyl (C=O) groups excluding carboxylic acids is 1. The summed E-state index contributed by atoms with van der Waals surface area (Å²) in [5, 5.41) is 9.21. The molecule has 0 saturated carbocycles. The number of aromatic nitrogens is 2. The van der Waals surface area contributed by atoms with Crippen LogP contribution in [-0.2, 0) is 4.79 Å². The molecule has 0 spiro atoms. The fraction of sp³-hybridized carbons (Fsp3) is 0.0800. The summed E-state index contributed by atoms with van der Waals surface area (Å²) in [6.07, 6.45) is 1.57. The summed E-state index contributed by atoms with van der Waals surface area (Å²) in [5.74, 6) is 0.224. The quantitative estimate of drug-likeness (QED) is 0.248. The molecule has 152 valence electrons. The van der Waals surface area contributed by atoms with Gasteiger partial charge in [-0.15, -0.1) is 11.3 Å². The molecule has 4 nitrogen and oxygen atoms in total. The van der Waals surface area contributed by atoms with E-state index in [0.717, 1.165) is 42.8 Å². The Balaban J connectivity index is 1.36. The van der Waals surface area contributed by atoms with E-state index in [9.17, 15) is 4.79 Å². The molecule has 2 aromatic heterocycles. The number of amides is 1. The number of benzene rings is 3. The molecule has 1 N–H and O–H groups in total. The first-order chi connectivity index (χ1) is 15.2. The predicted octanol–water partition coefficient (Wildman–Crippen LogP) is 6.55. The minimum atomic E-state index is -0.0563. The number of nitrogens with one attached hydrogen (secondary N) is 1. The van der Waals surface area contributed by atoms with Crippen LogP contribution in [0.5, 0.6) is 0 Å². The summed E-state index contributed by atoms with van der Waals surface area (Å²) < 4.78 is 0. The van der Waals surface area contributed by atoms with Crippen LogP contribution in [0, 0.1) is 6.92 Å². The van der Waals surface area contributed by atoms with Crippen molar-refractivity contribution in [2.45, 2.75) is 11.9 Å². The van der Waals surface area contributed by atoms with Gasteiger partial charge in [-0.1, -0.05) is 71.9 Å². The van der Waals surface area contributed by atoms with Gasteiger partial charge in [0.15, 0.2) is 0 Å². The number of anilines is 1. The van der Waals surface area contributed by atoms with Gasteiger partial charge in [0.05, 0.1) is 11.1 Å². The average molecular weight is 442 g/mol. The molecule has 5 aromatic rings. The van der Waals surface area contributed by atoms with Crippen LogP contribution in [0.25, 0.3) is 32.1 Å². The largest absolute Gasteiger partial charge is 0.325 e. The van der Waals surface area contributed by atoms with E-state index in [2.05, 4.69) is 57.9 Å². The Labute approximate surface area is 188 Å². The number of nitrogens with zero attached hydrogens (tertiary/aromatic N) is 2. The number of hydrogen-bond donors (Lipinski definition) is 1. The smallest absolute Gasteiger partial charge is 0.234 e. The molecule has 1 amide bonds. The number of fused-ring (bicyclic) bond motifs is 2. The van der Waals surface area contributed by atoms with Crippen LogP contribution in [0.4, 0.5) is 5.69 Å². The minimum Gasteiger partial charge on any atom is -0.325 e. The van der Waals surface area contributed by atoms with Crippen molar-refractivity contribution in [1.29, 1.82) is 0 Å². The van der Waals surface area contributed by atoms with E-state index in [0.29, 0.717) is 0 Å². The number of thioether (sulfide) groups is 1. The first-order valence-electron chi connectivity index (χ1n) is 9.88. The topological polar surface area (TPSA) is 54.9 Å². The van der Waals surface area contributed by atoms with Crippen molar-refractivity contribution in [3.8, 4) is 11.1 Å². The third-order valence-corrected chi connectivity index (χ3v) is 6.95. The molecule has 0 bridgehead atoms. The van der Waals surface area contributed by atoms with E-state index >= 15 is 0 Å². The van der Waals surface area contributed by atoms with E-state index in [1.54, 1.807) is 17.7 Å². The third kappa shape index (κ3) is 4.17. The summed E-state index contributed by atoms with van der Waals surface area (Å²) in [5.41, 5.74) is 4.26. The van der Waals surface area contributed by atoms with Crippen molar-refractivity contribution < 1.29 is 4.79 Å². The first-order valence-corrected chi connectivity index (χ1v) is 11.7. The maximum Gasteiger partial charge on any atom is 0.234 e. The van der Waals surface area contributed by atoms with Crippen LogP contribution < -0.4 is 5.32 Å². The van der Waals surface area contributed by atoms with Gasteiger partial charge in [-0.25, -0.2) is 9.97 Å². The molecule has 2 heterocycles. The van der Waals surface area contributed by atoms with Crippen LogP contribution in [-0.4, -0.2) is 21.6 Å². The Kier molecular flexibility index (Phi) is 5.40. The molecular formula is C25H19N3OS2. The fourth-order valence-corrected chi connectivity index (χ4v) is 5.29. The molecule has 3 aromatic carbocycles. The summed E-state index contributed by atoms with van der Waals surface area (Å²) >= 11 is 3.04. The molecule has 0 atom stereocenters. The first kappa shape index (κ1) is 19.7. The van der Waals surface area contributed by atoms with E-state index in [1.807, 2.05) is 36.4 Å². The van der Waals surface area contributed by atoms with Gasteiger partial charge in [0.1, 0.15) is 16.2 Å². The molecule has 0 radical (unpaired) electrons. The Morgan fingerprint density at radius 2 is 1.81 bits per heavy atom. The molecule has 0 unspecified atom stereocenters. The molecule has 0 fully saturated rings. The molecular weight excluding hydrogens is 422 g/mol. The van der Waals surface area contributed by atoms with Crippen molar-refractivity contribution in [1.82, 2.24) is 9.97 Å². The third-order valence-electron chi connectivity index (χ3n) is 5.07. The van der Waals surface area contributed by atoms with Crippen LogP contribution in [0.2, 0.25) is 0 Å². The van der Waals surface area contributed by atoms with E-state index < -0.39 is 0 Å². The second kappa shape index (κ2) is 8.49.